The summed E-state index contributed by atoms with van der Waals surface area (Å²) in [6, 6.07) is 1.88. The first kappa shape index (κ1) is 15.1. The fourth-order valence-corrected chi connectivity index (χ4v) is 1.72. The minimum atomic E-state index is -4.73. The summed E-state index contributed by atoms with van der Waals surface area (Å²) in [6.07, 6.45) is -4.73. The van der Waals surface area contributed by atoms with E-state index in [4.69, 9.17) is 5.84 Å². The number of benzene rings is 1. The van der Waals surface area contributed by atoms with Crippen molar-refractivity contribution in [1.29, 1.82) is 0 Å². The number of alkyl halides is 3. The van der Waals surface area contributed by atoms with E-state index in [-0.39, 0.29) is 5.69 Å². The van der Waals surface area contributed by atoms with Crippen LogP contribution in [0.2, 0.25) is 0 Å². The monoisotopic (exact) mass is 304 g/mol. The van der Waals surface area contributed by atoms with E-state index in [1.54, 1.807) is 0 Å². The van der Waals surface area contributed by atoms with Crippen LogP contribution in [-0.2, 0) is 6.18 Å². The largest absolute Gasteiger partial charge is 0.417 e. The highest BCUT2D eigenvalue weighted by Gasteiger charge is 2.34. The number of aromatic nitrogens is 2. The zero-order chi connectivity index (χ0) is 15.8. The van der Waals surface area contributed by atoms with Gasteiger partial charge >= 0.3 is 6.18 Å². The number of hydrogen-bond acceptors (Lipinski definition) is 4. The molecule has 9 heteroatoms. The Morgan fingerprint density at radius 2 is 1.81 bits per heavy atom. The smallest absolute Gasteiger partial charge is 0.306 e. The van der Waals surface area contributed by atoms with Gasteiger partial charge in [-0.1, -0.05) is 0 Å². The molecule has 3 N–H and O–H groups in total. The van der Waals surface area contributed by atoms with Gasteiger partial charge in [-0.3, -0.25) is 0 Å². The number of halogens is 5. The first-order chi connectivity index (χ1) is 9.74. The van der Waals surface area contributed by atoms with Crippen LogP contribution in [0.25, 0.3) is 11.4 Å². The molecule has 0 fully saturated rings. The molecular formula is C12H9F5N4. The quantitative estimate of drug-likeness (QED) is 0.508. The van der Waals surface area contributed by atoms with E-state index in [0.717, 1.165) is 0 Å². The fraction of sp³-hybridized carbons (Fsp3) is 0.167. The van der Waals surface area contributed by atoms with Crippen molar-refractivity contribution < 1.29 is 22.0 Å². The Morgan fingerprint density at radius 1 is 1.14 bits per heavy atom. The van der Waals surface area contributed by atoms with E-state index in [1.807, 2.05) is 5.43 Å². The Hall–Kier alpha value is -2.29. The number of nitrogens with zero attached hydrogens (tertiary/aromatic N) is 2. The van der Waals surface area contributed by atoms with Crippen LogP contribution >= 0.6 is 0 Å². The summed E-state index contributed by atoms with van der Waals surface area (Å²) < 4.78 is 65.6. The van der Waals surface area contributed by atoms with Crippen molar-refractivity contribution in [3.63, 3.8) is 0 Å². The lowest BCUT2D eigenvalue weighted by molar-refractivity contribution is -0.137. The van der Waals surface area contributed by atoms with E-state index in [0.29, 0.717) is 18.2 Å². The highest BCUT2D eigenvalue weighted by atomic mass is 19.4. The SMILES string of the molecule is Cc1nc(-c2cc(F)ccc2C(F)(F)F)nc(NN)c1F. The normalized spacial score (nSPS) is 11.6. The van der Waals surface area contributed by atoms with E-state index >= 15 is 0 Å². The number of nitrogens with two attached hydrogens (primary N) is 1. The molecule has 0 aliphatic carbocycles. The molecule has 2 rings (SSSR count). The molecule has 0 unspecified atom stereocenters. The van der Waals surface area contributed by atoms with Gasteiger partial charge in [0.05, 0.1) is 11.3 Å². The topological polar surface area (TPSA) is 63.8 Å². The molecule has 1 aromatic heterocycles. The van der Waals surface area contributed by atoms with E-state index in [1.165, 1.54) is 6.92 Å². The molecule has 112 valence electrons. The standard InChI is InChI=1S/C12H9F5N4/c1-5-9(14)11(21-18)20-10(19-5)7-4-6(13)2-3-8(7)12(15,16)17/h2-4H,18H2,1H3,(H,19,20,21). The van der Waals surface area contributed by atoms with Gasteiger partial charge in [0.15, 0.2) is 17.5 Å². The van der Waals surface area contributed by atoms with Crippen molar-refractivity contribution in [2.75, 3.05) is 5.43 Å². The maximum Gasteiger partial charge on any atom is 0.417 e. The van der Waals surface area contributed by atoms with Crippen LogP contribution in [0.5, 0.6) is 0 Å². The number of rotatable bonds is 2. The van der Waals surface area contributed by atoms with Crippen molar-refractivity contribution in [3.8, 4) is 11.4 Å². The summed E-state index contributed by atoms with van der Waals surface area (Å²) in [5.74, 6) is 2.29. The van der Waals surface area contributed by atoms with Gasteiger partial charge in [0.25, 0.3) is 0 Å². The summed E-state index contributed by atoms with van der Waals surface area (Å²) in [7, 11) is 0. The van der Waals surface area contributed by atoms with Crippen LogP contribution in [-0.4, -0.2) is 9.97 Å². The van der Waals surface area contributed by atoms with Gasteiger partial charge < -0.3 is 5.43 Å². The van der Waals surface area contributed by atoms with Crippen molar-refractivity contribution in [2.45, 2.75) is 13.1 Å². The van der Waals surface area contributed by atoms with Crippen LogP contribution < -0.4 is 11.3 Å². The zero-order valence-corrected chi connectivity index (χ0v) is 10.6. The third-order valence-corrected chi connectivity index (χ3v) is 2.68. The number of nitrogens with one attached hydrogen (secondary N) is 1. The third-order valence-electron chi connectivity index (χ3n) is 2.68. The lowest BCUT2D eigenvalue weighted by Gasteiger charge is -2.13. The second-order valence-electron chi connectivity index (χ2n) is 4.13. The van der Waals surface area contributed by atoms with Crippen LogP contribution in [0.4, 0.5) is 27.8 Å². The molecular weight excluding hydrogens is 295 g/mol. The Morgan fingerprint density at radius 3 is 2.38 bits per heavy atom. The second-order valence-corrected chi connectivity index (χ2v) is 4.13. The average molecular weight is 304 g/mol. The highest BCUT2D eigenvalue weighted by molar-refractivity contribution is 5.63. The van der Waals surface area contributed by atoms with Crippen LogP contribution in [0.3, 0.4) is 0 Å². The number of anilines is 1. The minimum absolute atomic E-state index is 0.217. The van der Waals surface area contributed by atoms with Crippen molar-refractivity contribution >= 4 is 5.82 Å². The molecule has 0 aliphatic heterocycles. The maximum absolute atomic E-state index is 13.5. The molecule has 0 radical (unpaired) electrons. The predicted molar refractivity (Wildman–Crippen MR) is 64.9 cm³/mol. The van der Waals surface area contributed by atoms with Crippen molar-refractivity contribution in [1.82, 2.24) is 9.97 Å². The van der Waals surface area contributed by atoms with Crippen LogP contribution in [0.15, 0.2) is 18.2 Å². The first-order valence-corrected chi connectivity index (χ1v) is 5.62. The Labute approximate surface area is 115 Å². The molecule has 4 nitrogen and oxygen atoms in total. The lowest BCUT2D eigenvalue weighted by atomic mass is 10.1. The predicted octanol–water partition coefficient (Wildman–Crippen LogP) is 3.03. The minimum Gasteiger partial charge on any atom is -0.306 e. The molecule has 0 saturated carbocycles. The molecule has 0 bridgehead atoms. The Balaban J connectivity index is 2.72. The summed E-state index contributed by atoms with van der Waals surface area (Å²) in [5.41, 5.74) is -0.0216. The number of hydrazine groups is 1. The summed E-state index contributed by atoms with van der Waals surface area (Å²) in [6.45, 7) is 1.23. The summed E-state index contributed by atoms with van der Waals surface area (Å²) in [4.78, 5) is 7.17. The number of aryl methyl sites for hydroxylation is 1. The molecule has 1 aromatic carbocycles. The molecule has 0 spiro atoms. The lowest BCUT2D eigenvalue weighted by Crippen LogP contribution is -2.14. The van der Waals surface area contributed by atoms with Crippen molar-refractivity contribution in [3.05, 3.63) is 41.1 Å². The van der Waals surface area contributed by atoms with Gasteiger partial charge in [-0.25, -0.2) is 24.6 Å². The molecule has 21 heavy (non-hydrogen) atoms. The second kappa shape index (κ2) is 5.24. The van der Waals surface area contributed by atoms with Crippen LogP contribution in [0.1, 0.15) is 11.3 Å². The van der Waals surface area contributed by atoms with Crippen molar-refractivity contribution in [2.24, 2.45) is 5.84 Å². The van der Waals surface area contributed by atoms with Gasteiger partial charge in [-0.05, 0) is 25.1 Å². The molecule has 1 heterocycles. The van der Waals surface area contributed by atoms with E-state index in [9.17, 15) is 22.0 Å². The third kappa shape index (κ3) is 2.92. The Bertz CT molecular complexity index is 684. The molecule has 0 amide bonds. The van der Waals surface area contributed by atoms with E-state index < -0.39 is 40.6 Å². The molecule has 2 aromatic rings. The van der Waals surface area contributed by atoms with Gasteiger partial charge in [0.2, 0.25) is 0 Å². The molecule has 0 aliphatic rings. The van der Waals surface area contributed by atoms with Crippen LogP contribution in [0, 0.1) is 18.6 Å². The van der Waals surface area contributed by atoms with Gasteiger partial charge in [0.1, 0.15) is 5.82 Å². The number of hydrogen-bond donors (Lipinski definition) is 2. The molecule has 0 saturated heterocycles. The van der Waals surface area contributed by atoms with E-state index in [2.05, 4.69) is 9.97 Å². The number of nitrogen functional groups attached to an aromatic ring is 1. The molecule has 0 atom stereocenters. The average Bonchev–Trinajstić information content (AvgIpc) is 2.40. The van der Waals surface area contributed by atoms with Gasteiger partial charge in [-0.15, -0.1) is 0 Å². The van der Waals surface area contributed by atoms with Gasteiger partial charge in [-0.2, -0.15) is 13.2 Å². The van der Waals surface area contributed by atoms with Gasteiger partial charge in [0, 0.05) is 5.56 Å². The Kier molecular flexibility index (Phi) is 3.77. The fourth-order valence-electron chi connectivity index (χ4n) is 1.72. The first-order valence-electron chi connectivity index (χ1n) is 5.62. The summed E-state index contributed by atoms with van der Waals surface area (Å²) in [5, 5.41) is 0. The summed E-state index contributed by atoms with van der Waals surface area (Å²) >= 11 is 0. The highest BCUT2D eigenvalue weighted by Crippen LogP contribution is 2.36. The zero-order valence-electron chi connectivity index (χ0n) is 10.6. The maximum atomic E-state index is 13.5.